The molecule has 0 bridgehead atoms. The fourth-order valence-electron chi connectivity index (χ4n) is 1.48. The summed E-state index contributed by atoms with van der Waals surface area (Å²) in [5.74, 6) is -0.125. The maximum absolute atomic E-state index is 11.4. The third kappa shape index (κ3) is 3.76. The van der Waals surface area contributed by atoms with Gasteiger partial charge in [0.2, 0.25) is 0 Å². The fourth-order valence-corrected chi connectivity index (χ4v) is 1.48. The standard InChI is InChI=1S/C13H18N2O3/c1-4-18-13(17)15(3)9-10-5-7-11(8-6-10)12(16)14-2/h5-8H,4,9H2,1-3H3,(H,14,16). The third-order valence-electron chi connectivity index (χ3n) is 2.44. The number of nitrogens with one attached hydrogen (secondary N) is 1. The second kappa shape index (κ2) is 6.64. The lowest BCUT2D eigenvalue weighted by molar-refractivity contribution is 0.0962. The summed E-state index contributed by atoms with van der Waals surface area (Å²) in [7, 11) is 3.26. The highest BCUT2D eigenvalue weighted by atomic mass is 16.5. The number of carbonyl (C=O) groups excluding carboxylic acids is 2. The summed E-state index contributed by atoms with van der Waals surface area (Å²) in [4.78, 5) is 24.2. The summed E-state index contributed by atoms with van der Waals surface area (Å²) in [6, 6.07) is 7.10. The topological polar surface area (TPSA) is 58.6 Å². The van der Waals surface area contributed by atoms with Crippen LogP contribution in [0.4, 0.5) is 4.79 Å². The van der Waals surface area contributed by atoms with E-state index >= 15 is 0 Å². The summed E-state index contributed by atoms with van der Waals surface area (Å²) in [5.41, 5.74) is 1.54. The molecule has 0 aliphatic heterocycles. The Balaban J connectivity index is 2.63. The van der Waals surface area contributed by atoms with E-state index in [4.69, 9.17) is 4.74 Å². The molecule has 0 atom stereocenters. The van der Waals surface area contributed by atoms with Crippen molar-refractivity contribution in [1.82, 2.24) is 10.2 Å². The van der Waals surface area contributed by atoms with Crippen molar-refractivity contribution in [3.05, 3.63) is 35.4 Å². The summed E-state index contributed by atoms with van der Waals surface area (Å²) < 4.78 is 4.88. The molecular formula is C13H18N2O3. The van der Waals surface area contributed by atoms with Gasteiger partial charge in [-0.05, 0) is 24.6 Å². The average Bonchev–Trinajstić information content (AvgIpc) is 2.39. The van der Waals surface area contributed by atoms with Crippen LogP contribution in [0.15, 0.2) is 24.3 Å². The number of ether oxygens (including phenoxy) is 1. The summed E-state index contributed by atoms with van der Waals surface area (Å²) in [5, 5.41) is 2.55. The minimum Gasteiger partial charge on any atom is -0.450 e. The van der Waals surface area contributed by atoms with Gasteiger partial charge in [-0.25, -0.2) is 4.79 Å². The molecule has 1 rings (SSSR count). The van der Waals surface area contributed by atoms with Crippen LogP contribution in [0, 0.1) is 0 Å². The first-order chi connectivity index (χ1) is 8.58. The molecule has 2 amide bonds. The molecule has 1 aromatic carbocycles. The van der Waals surface area contributed by atoms with Gasteiger partial charge in [0.15, 0.2) is 0 Å². The second-order valence-electron chi connectivity index (χ2n) is 3.83. The van der Waals surface area contributed by atoms with Gasteiger partial charge in [-0.2, -0.15) is 0 Å². The van der Waals surface area contributed by atoms with E-state index in [2.05, 4.69) is 5.32 Å². The van der Waals surface area contributed by atoms with Crippen molar-refractivity contribution in [2.75, 3.05) is 20.7 Å². The number of hydrogen-bond acceptors (Lipinski definition) is 3. The van der Waals surface area contributed by atoms with Crippen LogP contribution in [0.3, 0.4) is 0 Å². The first-order valence-electron chi connectivity index (χ1n) is 5.77. The van der Waals surface area contributed by atoms with Gasteiger partial charge in [0, 0.05) is 26.2 Å². The monoisotopic (exact) mass is 250 g/mol. The van der Waals surface area contributed by atoms with Gasteiger partial charge in [0.1, 0.15) is 0 Å². The van der Waals surface area contributed by atoms with Crippen molar-refractivity contribution >= 4 is 12.0 Å². The Morgan fingerprint density at radius 2 is 1.89 bits per heavy atom. The molecule has 0 aliphatic rings. The second-order valence-corrected chi connectivity index (χ2v) is 3.83. The van der Waals surface area contributed by atoms with Crippen LogP contribution in [0.25, 0.3) is 0 Å². The molecular weight excluding hydrogens is 232 g/mol. The van der Waals surface area contributed by atoms with Crippen molar-refractivity contribution in [1.29, 1.82) is 0 Å². The Kier molecular flexibility index (Phi) is 5.17. The number of nitrogens with zero attached hydrogens (tertiary/aromatic N) is 1. The molecule has 0 heterocycles. The Morgan fingerprint density at radius 3 is 2.39 bits per heavy atom. The van der Waals surface area contributed by atoms with E-state index < -0.39 is 0 Å². The predicted molar refractivity (Wildman–Crippen MR) is 68.3 cm³/mol. The quantitative estimate of drug-likeness (QED) is 0.883. The predicted octanol–water partition coefficient (Wildman–Crippen LogP) is 1.63. The van der Waals surface area contributed by atoms with Crippen LogP contribution in [0.5, 0.6) is 0 Å². The molecule has 0 saturated heterocycles. The van der Waals surface area contributed by atoms with E-state index in [-0.39, 0.29) is 12.0 Å². The minimum absolute atomic E-state index is 0.125. The van der Waals surface area contributed by atoms with Gasteiger partial charge < -0.3 is 15.0 Å². The molecule has 0 saturated carbocycles. The number of carbonyl (C=O) groups is 2. The number of amides is 2. The lowest BCUT2D eigenvalue weighted by atomic mass is 10.1. The zero-order valence-electron chi connectivity index (χ0n) is 10.9. The summed E-state index contributed by atoms with van der Waals surface area (Å²) >= 11 is 0. The van der Waals surface area contributed by atoms with Crippen LogP contribution < -0.4 is 5.32 Å². The fraction of sp³-hybridized carbons (Fsp3) is 0.385. The van der Waals surface area contributed by atoms with Crippen LogP contribution in [-0.4, -0.2) is 37.6 Å². The summed E-state index contributed by atoms with van der Waals surface area (Å²) in [6.07, 6.45) is -0.354. The van der Waals surface area contributed by atoms with E-state index in [1.807, 2.05) is 12.1 Å². The first kappa shape index (κ1) is 14.0. The van der Waals surface area contributed by atoms with Crippen molar-refractivity contribution in [2.24, 2.45) is 0 Å². The van der Waals surface area contributed by atoms with Crippen LogP contribution >= 0.6 is 0 Å². The number of hydrogen-bond donors (Lipinski definition) is 1. The number of benzene rings is 1. The van der Waals surface area contributed by atoms with E-state index in [0.29, 0.717) is 18.7 Å². The van der Waals surface area contributed by atoms with E-state index in [9.17, 15) is 9.59 Å². The molecule has 0 fully saturated rings. The van der Waals surface area contributed by atoms with Gasteiger partial charge in [-0.15, -0.1) is 0 Å². The Labute approximate surface area is 107 Å². The van der Waals surface area contributed by atoms with Gasteiger partial charge >= 0.3 is 6.09 Å². The zero-order chi connectivity index (χ0) is 13.5. The molecule has 0 unspecified atom stereocenters. The third-order valence-corrected chi connectivity index (χ3v) is 2.44. The Bertz CT molecular complexity index is 415. The molecule has 18 heavy (non-hydrogen) atoms. The van der Waals surface area contributed by atoms with Crippen LogP contribution in [0.1, 0.15) is 22.8 Å². The first-order valence-corrected chi connectivity index (χ1v) is 5.77. The van der Waals surface area contributed by atoms with E-state index in [0.717, 1.165) is 5.56 Å². The summed E-state index contributed by atoms with van der Waals surface area (Å²) in [6.45, 7) is 2.58. The lowest BCUT2D eigenvalue weighted by Crippen LogP contribution is -2.27. The SMILES string of the molecule is CCOC(=O)N(C)Cc1ccc(C(=O)NC)cc1. The van der Waals surface area contributed by atoms with Gasteiger partial charge in [0.25, 0.3) is 5.91 Å². The minimum atomic E-state index is -0.354. The molecule has 5 heteroatoms. The van der Waals surface area contributed by atoms with Crippen molar-refractivity contribution < 1.29 is 14.3 Å². The molecule has 1 aromatic rings. The number of rotatable bonds is 4. The van der Waals surface area contributed by atoms with Crippen molar-refractivity contribution in [3.8, 4) is 0 Å². The molecule has 1 N–H and O–H groups in total. The average molecular weight is 250 g/mol. The van der Waals surface area contributed by atoms with Crippen LogP contribution in [-0.2, 0) is 11.3 Å². The molecule has 0 radical (unpaired) electrons. The molecule has 0 aromatic heterocycles. The molecule has 98 valence electrons. The molecule has 5 nitrogen and oxygen atoms in total. The zero-order valence-corrected chi connectivity index (χ0v) is 10.9. The van der Waals surface area contributed by atoms with Crippen molar-refractivity contribution in [2.45, 2.75) is 13.5 Å². The maximum atomic E-state index is 11.4. The van der Waals surface area contributed by atoms with E-state index in [1.165, 1.54) is 4.90 Å². The van der Waals surface area contributed by atoms with Crippen LogP contribution in [0.2, 0.25) is 0 Å². The highest BCUT2D eigenvalue weighted by molar-refractivity contribution is 5.93. The van der Waals surface area contributed by atoms with Gasteiger partial charge in [0.05, 0.1) is 6.61 Å². The highest BCUT2D eigenvalue weighted by Crippen LogP contribution is 2.07. The largest absolute Gasteiger partial charge is 0.450 e. The molecule has 0 aliphatic carbocycles. The Morgan fingerprint density at radius 1 is 1.28 bits per heavy atom. The lowest BCUT2D eigenvalue weighted by Gasteiger charge is -2.16. The van der Waals surface area contributed by atoms with E-state index in [1.54, 1.807) is 33.2 Å². The Hall–Kier alpha value is -2.04. The van der Waals surface area contributed by atoms with Gasteiger partial charge in [-0.1, -0.05) is 12.1 Å². The smallest absolute Gasteiger partial charge is 0.409 e. The van der Waals surface area contributed by atoms with Gasteiger partial charge in [-0.3, -0.25) is 4.79 Å². The normalized spacial score (nSPS) is 9.72. The maximum Gasteiger partial charge on any atom is 0.409 e. The highest BCUT2D eigenvalue weighted by Gasteiger charge is 2.10. The van der Waals surface area contributed by atoms with Crippen molar-refractivity contribution in [3.63, 3.8) is 0 Å². The molecule has 0 spiro atoms.